The van der Waals surface area contributed by atoms with Gasteiger partial charge in [-0.1, -0.05) is 29.3 Å². The van der Waals surface area contributed by atoms with E-state index in [-0.39, 0.29) is 21.2 Å². The number of benzene rings is 3. The number of hydrogen-bond acceptors (Lipinski definition) is 5. The molecule has 0 saturated carbocycles. The van der Waals surface area contributed by atoms with E-state index in [1.54, 1.807) is 24.3 Å². The minimum atomic E-state index is -3.85. The van der Waals surface area contributed by atoms with Crippen molar-refractivity contribution in [2.75, 3.05) is 10.0 Å². The molecule has 33 heavy (non-hydrogen) atoms. The third-order valence-electron chi connectivity index (χ3n) is 4.55. The van der Waals surface area contributed by atoms with Crippen LogP contribution in [0.15, 0.2) is 71.6 Å². The van der Waals surface area contributed by atoms with Crippen LogP contribution in [-0.2, 0) is 19.6 Å². The molecular weight excluding hydrogens is 471 g/mol. The predicted molar refractivity (Wildman–Crippen MR) is 123 cm³/mol. The molecule has 0 bridgehead atoms. The Morgan fingerprint density at radius 3 is 2.24 bits per heavy atom. The Balaban J connectivity index is 1.63. The van der Waals surface area contributed by atoms with E-state index in [9.17, 15) is 22.4 Å². The first-order valence-electron chi connectivity index (χ1n) is 9.71. The van der Waals surface area contributed by atoms with E-state index < -0.39 is 33.8 Å². The average molecular weight is 491 g/mol. The van der Waals surface area contributed by atoms with Gasteiger partial charge in [-0.05, 0) is 68.4 Å². The summed E-state index contributed by atoms with van der Waals surface area (Å²) in [5.74, 6) is -2.05. The Kier molecular flexibility index (Phi) is 7.35. The molecule has 1 unspecified atom stereocenters. The van der Waals surface area contributed by atoms with E-state index in [1.807, 2.05) is 6.92 Å². The third-order valence-corrected chi connectivity index (χ3v) is 6.26. The number of sulfonamides is 1. The van der Waals surface area contributed by atoms with Crippen molar-refractivity contribution in [1.29, 1.82) is 0 Å². The lowest BCUT2D eigenvalue weighted by Gasteiger charge is -2.14. The summed E-state index contributed by atoms with van der Waals surface area (Å²) in [6, 6.07) is 15.4. The second-order valence-corrected chi connectivity index (χ2v) is 9.25. The van der Waals surface area contributed by atoms with Gasteiger partial charge >= 0.3 is 5.97 Å². The Hall–Kier alpha value is -3.43. The molecular formula is C23H20ClFN2O5S. The minimum Gasteiger partial charge on any atom is -0.449 e. The summed E-state index contributed by atoms with van der Waals surface area (Å²) in [4.78, 5) is 24.6. The number of nitrogens with one attached hydrogen (secondary N) is 2. The van der Waals surface area contributed by atoms with Crippen LogP contribution in [0.1, 0.15) is 22.8 Å². The fourth-order valence-corrected chi connectivity index (χ4v) is 3.99. The van der Waals surface area contributed by atoms with Crippen LogP contribution < -0.4 is 10.0 Å². The van der Waals surface area contributed by atoms with Crippen molar-refractivity contribution in [2.24, 2.45) is 0 Å². The van der Waals surface area contributed by atoms with E-state index in [0.29, 0.717) is 5.69 Å². The van der Waals surface area contributed by atoms with Gasteiger partial charge in [0.15, 0.2) is 6.10 Å². The summed E-state index contributed by atoms with van der Waals surface area (Å²) in [7, 11) is -3.85. The SMILES string of the molecule is Cc1ccc(NS(=O)(=O)c2ccc(C(=O)OC(C)C(=O)Nc3ccc(F)cc3Cl)cc2)cc1. The topological polar surface area (TPSA) is 102 Å². The normalized spacial score (nSPS) is 12.0. The summed E-state index contributed by atoms with van der Waals surface area (Å²) >= 11 is 5.87. The van der Waals surface area contributed by atoms with Crippen LogP contribution in [0, 0.1) is 12.7 Å². The van der Waals surface area contributed by atoms with Gasteiger partial charge < -0.3 is 10.1 Å². The van der Waals surface area contributed by atoms with Crippen molar-refractivity contribution in [2.45, 2.75) is 24.8 Å². The summed E-state index contributed by atoms with van der Waals surface area (Å²) in [5, 5.41) is 2.45. The van der Waals surface area contributed by atoms with Crippen LogP contribution in [0.5, 0.6) is 0 Å². The smallest absolute Gasteiger partial charge is 0.338 e. The van der Waals surface area contributed by atoms with Gasteiger partial charge in [-0.2, -0.15) is 0 Å². The molecule has 0 aliphatic rings. The van der Waals surface area contributed by atoms with Crippen LogP contribution >= 0.6 is 11.6 Å². The molecule has 10 heteroatoms. The monoisotopic (exact) mass is 490 g/mol. The van der Waals surface area contributed by atoms with Crippen molar-refractivity contribution < 1.29 is 27.1 Å². The van der Waals surface area contributed by atoms with E-state index >= 15 is 0 Å². The van der Waals surface area contributed by atoms with E-state index in [1.165, 1.54) is 37.3 Å². The maximum absolute atomic E-state index is 13.1. The fraction of sp³-hybridized carbons (Fsp3) is 0.130. The second-order valence-electron chi connectivity index (χ2n) is 7.16. The highest BCUT2D eigenvalue weighted by atomic mass is 35.5. The first kappa shape index (κ1) is 24.2. The van der Waals surface area contributed by atoms with Crippen LogP contribution in [-0.4, -0.2) is 26.4 Å². The molecule has 1 amide bonds. The number of esters is 1. The van der Waals surface area contributed by atoms with Gasteiger partial charge in [0.2, 0.25) is 0 Å². The molecule has 0 aliphatic heterocycles. The van der Waals surface area contributed by atoms with Gasteiger partial charge in [-0.25, -0.2) is 17.6 Å². The molecule has 3 aromatic carbocycles. The molecule has 1 atom stereocenters. The highest BCUT2D eigenvalue weighted by Crippen LogP contribution is 2.23. The molecule has 0 aliphatic carbocycles. The van der Waals surface area contributed by atoms with E-state index in [4.69, 9.17) is 16.3 Å². The van der Waals surface area contributed by atoms with E-state index in [0.717, 1.165) is 17.7 Å². The number of aryl methyl sites for hydroxylation is 1. The van der Waals surface area contributed by atoms with Gasteiger partial charge in [0, 0.05) is 5.69 Å². The number of anilines is 2. The molecule has 7 nitrogen and oxygen atoms in total. The van der Waals surface area contributed by atoms with Crippen molar-refractivity contribution in [3.8, 4) is 0 Å². The van der Waals surface area contributed by atoms with Crippen LogP contribution in [0.2, 0.25) is 5.02 Å². The minimum absolute atomic E-state index is 0.00192. The Morgan fingerprint density at radius 2 is 1.64 bits per heavy atom. The molecule has 0 saturated heterocycles. The number of ether oxygens (including phenoxy) is 1. The van der Waals surface area contributed by atoms with Gasteiger partial charge in [0.1, 0.15) is 5.82 Å². The zero-order chi connectivity index (χ0) is 24.2. The fourth-order valence-electron chi connectivity index (χ4n) is 2.71. The maximum Gasteiger partial charge on any atom is 0.338 e. The Labute approximate surface area is 195 Å². The first-order chi connectivity index (χ1) is 15.5. The number of carbonyl (C=O) groups is 2. The van der Waals surface area contributed by atoms with Crippen molar-refractivity contribution in [1.82, 2.24) is 0 Å². The highest BCUT2D eigenvalue weighted by Gasteiger charge is 2.21. The zero-order valence-electron chi connectivity index (χ0n) is 17.6. The summed E-state index contributed by atoms with van der Waals surface area (Å²) in [6.07, 6.45) is -1.19. The number of hydrogen-bond donors (Lipinski definition) is 2. The third kappa shape index (κ3) is 6.30. The maximum atomic E-state index is 13.1. The quantitative estimate of drug-likeness (QED) is 0.464. The number of carbonyl (C=O) groups excluding carboxylic acids is 2. The lowest BCUT2D eigenvalue weighted by atomic mass is 10.2. The first-order valence-corrected chi connectivity index (χ1v) is 11.6. The van der Waals surface area contributed by atoms with Gasteiger partial charge in [-0.15, -0.1) is 0 Å². The van der Waals surface area contributed by atoms with E-state index in [2.05, 4.69) is 10.0 Å². The summed E-state index contributed by atoms with van der Waals surface area (Å²) in [6.45, 7) is 3.24. The molecule has 0 heterocycles. The highest BCUT2D eigenvalue weighted by molar-refractivity contribution is 7.92. The molecule has 0 fully saturated rings. The zero-order valence-corrected chi connectivity index (χ0v) is 19.2. The lowest BCUT2D eigenvalue weighted by molar-refractivity contribution is -0.123. The molecule has 0 aromatic heterocycles. The molecule has 0 spiro atoms. The second kappa shape index (κ2) is 10.0. The largest absolute Gasteiger partial charge is 0.449 e. The molecule has 3 aromatic rings. The number of rotatable bonds is 7. The lowest BCUT2D eigenvalue weighted by Crippen LogP contribution is -2.30. The summed E-state index contributed by atoms with van der Waals surface area (Å²) in [5.41, 5.74) is 1.63. The molecule has 2 N–H and O–H groups in total. The predicted octanol–water partition coefficient (Wildman–Crippen LogP) is 4.77. The van der Waals surface area contributed by atoms with Crippen LogP contribution in [0.4, 0.5) is 15.8 Å². The van der Waals surface area contributed by atoms with Gasteiger partial charge in [0.25, 0.3) is 15.9 Å². The van der Waals surface area contributed by atoms with Crippen molar-refractivity contribution in [3.63, 3.8) is 0 Å². The molecule has 172 valence electrons. The van der Waals surface area contributed by atoms with Crippen molar-refractivity contribution in [3.05, 3.63) is 88.7 Å². The van der Waals surface area contributed by atoms with Gasteiger partial charge in [-0.3, -0.25) is 9.52 Å². The molecule has 0 radical (unpaired) electrons. The van der Waals surface area contributed by atoms with Crippen LogP contribution in [0.25, 0.3) is 0 Å². The van der Waals surface area contributed by atoms with Crippen molar-refractivity contribution >= 4 is 44.9 Å². The van der Waals surface area contributed by atoms with Gasteiger partial charge in [0.05, 0.1) is 21.2 Å². The number of halogens is 2. The summed E-state index contributed by atoms with van der Waals surface area (Å²) < 4.78 is 45.8. The molecule has 3 rings (SSSR count). The number of amides is 1. The standard InChI is InChI=1S/C23H20ClFN2O5S/c1-14-3-8-18(9-4-14)27-33(30,31)19-10-5-16(6-11-19)23(29)32-15(2)22(28)26-21-12-7-17(25)13-20(21)24/h3-13,15,27H,1-2H3,(H,26,28). The Bertz CT molecular complexity index is 1280. The Morgan fingerprint density at radius 1 is 1.00 bits per heavy atom. The van der Waals surface area contributed by atoms with Crippen LogP contribution in [0.3, 0.4) is 0 Å². The average Bonchev–Trinajstić information content (AvgIpc) is 2.77.